The molecule has 0 saturated heterocycles. The SMILES string of the molecule is CCC1(C)C(C(C)=O)CCC1C1CCC2=CC(=O)CCC2(C)C1C. The molecule has 6 atom stereocenters. The van der Waals surface area contributed by atoms with Gasteiger partial charge in [0, 0.05) is 12.3 Å². The Balaban J connectivity index is 1.90. The van der Waals surface area contributed by atoms with Crippen molar-refractivity contribution in [2.24, 2.45) is 34.5 Å². The molecule has 2 fully saturated rings. The van der Waals surface area contributed by atoms with Crippen LogP contribution in [0.3, 0.4) is 0 Å². The Hall–Kier alpha value is -0.920. The summed E-state index contributed by atoms with van der Waals surface area (Å²) in [5.74, 6) is 2.91. The van der Waals surface area contributed by atoms with Crippen LogP contribution in [0.1, 0.15) is 79.6 Å². The van der Waals surface area contributed by atoms with E-state index in [-0.39, 0.29) is 16.7 Å². The molecule has 0 aromatic carbocycles. The third-order valence-electron chi connectivity index (χ3n) is 8.53. The first kappa shape index (κ1) is 17.9. The number of carbonyl (C=O) groups excluding carboxylic acids is 2. The molecule has 0 bridgehead atoms. The predicted molar refractivity (Wildman–Crippen MR) is 97.6 cm³/mol. The molecule has 0 spiro atoms. The standard InChI is InChI=1S/C22H34O2/c1-6-21(4)19(15(3)23)9-10-20(21)18-8-7-16-13-17(24)11-12-22(16,5)14(18)2/h13-14,18-20H,6-12H2,1-5H3. The number of allylic oxidation sites excluding steroid dienone is 2. The molecule has 0 N–H and O–H groups in total. The molecule has 0 heterocycles. The number of ketones is 2. The quantitative estimate of drug-likeness (QED) is 0.698. The lowest BCUT2D eigenvalue weighted by Gasteiger charge is -2.52. The van der Waals surface area contributed by atoms with Gasteiger partial charge in [-0.15, -0.1) is 0 Å². The highest BCUT2D eigenvalue weighted by atomic mass is 16.1. The third-order valence-corrected chi connectivity index (χ3v) is 8.53. The molecule has 0 aliphatic heterocycles. The van der Waals surface area contributed by atoms with Gasteiger partial charge in [-0.05, 0) is 80.1 Å². The van der Waals surface area contributed by atoms with Crippen LogP contribution >= 0.6 is 0 Å². The number of hydrogen-bond acceptors (Lipinski definition) is 2. The maximum absolute atomic E-state index is 12.2. The molecule has 0 aromatic rings. The second-order valence-corrected chi connectivity index (χ2v) is 9.25. The van der Waals surface area contributed by atoms with Crippen LogP contribution in [0, 0.1) is 34.5 Å². The molecule has 6 unspecified atom stereocenters. The van der Waals surface area contributed by atoms with Crippen molar-refractivity contribution in [2.45, 2.75) is 79.6 Å². The third kappa shape index (κ3) is 2.52. The summed E-state index contributed by atoms with van der Waals surface area (Å²) in [4.78, 5) is 24.1. The number of hydrogen-bond donors (Lipinski definition) is 0. The zero-order valence-electron chi connectivity index (χ0n) is 16.2. The van der Waals surface area contributed by atoms with Gasteiger partial charge in [0.05, 0.1) is 0 Å². The van der Waals surface area contributed by atoms with E-state index in [4.69, 9.17) is 0 Å². The number of Topliss-reactive ketones (excluding diaryl/α,β-unsaturated/α-hetero) is 1. The van der Waals surface area contributed by atoms with Crippen LogP contribution in [-0.4, -0.2) is 11.6 Å². The molecular formula is C22H34O2. The van der Waals surface area contributed by atoms with E-state index in [1.165, 1.54) is 18.4 Å². The van der Waals surface area contributed by atoms with Gasteiger partial charge in [0.1, 0.15) is 5.78 Å². The van der Waals surface area contributed by atoms with Gasteiger partial charge >= 0.3 is 0 Å². The van der Waals surface area contributed by atoms with E-state index in [1.54, 1.807) is 6.92 Å². The summed E-state index contributed by atoms with van der Waals surface area (Å²) in [6.07, 6.45) is 9.34. The Labute approximate surface area is 147 Å². The molecule has 0 amide bonds. The molecule has 24 heavy (non-hydrogen) atoms. The van der Waals surface area contributed by atoms with E-state index < -0.39 is 0 Å². The Morgan fingerprint density at radius 2 is 1.92 bits per heavy atom. The van der Waals surface area contributed by atoms with Crippen molar-refractivity contribution in [3.05, 3.63) is 11.6 Å². The largest absolute Gasteiger partial charge is 0.300 e. The lowest BCUT2D eigenvalue weighted by Crippen LogP contribution is -2.45. The van der Waals surface area contributed by atoms with E-state index in [9.17, 15) is 9.59 Å². The second-order valence-electron chi connectivity index (χ2n) is 9.25. The van der Waals surface area contributed by atoms with Crippen molar-refractivity contribution in [3.8, 4) is 0 Å². The minimum Gasteiger partial charge on any atom is -0.300 e. The van der Waals surface area contributed by atoms with E-state index in [1.807, 2.05) is 6.08 Å². The fourth-order valence-electron chi connectivity index (χ4n) is 6.59. The van der Waals surface area contributed by atoms with E-state index in [2.05, 4.69) is 27.7 Å². The number of fused-ring (bicyclic) bond motifs is 1. The predicted octanol–water partition coefficient (Wildman–Crippen LogP) is 5.36. The van der Waals surface area contributed by atoms with Crippen LogP contribution in [0.25, 0.3) is 0 Å². The van der Waals surface area contributed by atoms with Crippen LogP contribution in [0.5, 0.6) is 0 Å². The van der Waals surface area contributed by atoms with Crippen molar-refractivity contribution in [1.29, 1.82) is 0 Å². The van der Waals surface area contributed by atoms with Crippen LogP contribution in [-0.2, 0) is 9.59 Å². The van der Waals surface area contributed by atoms with Crippen molar-refractivity contribution < 1.29 is 9.59 Å². The lowest BCUT2D eigenvalue weighted by molar-refractivity contribution is -0.125. The Morgan fingerprint density at radius 3 is 2.54 bits per heavy atom. The molecule has 2 nitrogen and oxygen atoms in total. The Bertz CT molecular complexity index is 575. The highest BCUT2D eigenvalue weighted by molar-refractivity contribution is 5.91. The maximum Gasteiger partial charge on any atom is 0.155 e. The normalized spacial score (nSPS) is 45.7. The van der Waals surface area contributed by atoms with Gasteiger partial charge in [-0.2, -0.15) is 0 Å². The molecule has 3 aliphatic carbocycles. The highest BCUT2D eigenvalue weighted by Gasteiger charge is 2.54. The summed E-state index contributed by atoms with van der Waals surface area (Å²) in [5.41, 5.74) is 1.76. The van der Waals surface area contributed by atoms with E-state index in [0.717, 1.165) is 25.7 Å². The second kappa shape index (κ2) is 6.11. The fraction of sp³-hybridized carbons (Fsp3) is 0.818. The maximum atomic E-state index is 12.2. The summed E-state index contributed by atoms with van der Waals surface area (Å²) in [6, 6.07) is 0. The smallest absolute Gasteiger partial charge is 0.155 e. The Kier molecular flexibility index (Phi) is 4.55. The van der Waals surface area contributed by atoms with Gasteiger partial charge in [-0.3, -0.25) is 9.59 Å². The van der Waals surface area contributed by atoms with Crippen LogP contribution in [0.2, 0.25) is 0 Å². The fourth-order valence-corrected chi connectivity index (χ4v) is 6.59. The van der Waals surface area contributed by atoms with Crippen molar-refractivity contribution >= 4 is 11.6 Å². The van der Waals surface area contributed by atoms with Gasteiger partial charge in [-0.25, -0.2) is 0 Å². The minimum absolute atomic E-state index is 0.160. The van der Waals surface area contributed by atoms with Crippen LogP contribution in [0.4, 0.5) is 0 Å². The molecule has 0 aromatic heterocycles. The molecular weight excluding hydrogens is 296 g/mol. The molecule has 2 heteroatoms. The topological polar surface area (TPSA) is 34.1 Å². The summed E-state index contributed by atoms with van der Waals surface area (Å²) in [5, 5.41) is 0. The zero-order chi connectivity index (χ0) is 17.7. The Morgan fingerprint density at radius 1 is 1.21 bits per heavy atom. The number of carbonyl (C=O) groups is 2. The molecule has 0 radical (unpaired) electrons. The first-order valence-electron chi connectivity index (χ1n) is 9.98. The zero-order valence-corrected chi connectivity index (χ0v) is 16.2. The van der Waals surface area contributed by atoms with E-state index >= 15 is 0 Å². The first-order chi connectivity index (χ1) is 11.2. The average Bonchev–Trinajstić information content (AvgIpc) is 2.88. The monoisotopic (exact) mass is 330 g/mol. The van der Waals surface area contributed by atoms with Gasteiger partial charge < -0.3 is 0 Å². The lowest BCUT2D eigenvalue weighted by atomic mass is 9.52. The molecule has 134 valence electrons. The van der Waals surface area contributed by atoms with Crippen LogP contribution in [0.15, 0.2) is 11.6 Å². The summed E-state index contributed by atoms with van der Waals surface area (Å²) < 4.78 is 0. The average molecular weight is 331 g/mol. The van der Waals surface area contributed by atoms with Gasteiger partial charge in [0.15, 0.2) is 5.78 Å². The van der Waals surface area contributed by atoms with Gasteiger partial charge in [0.2, 0.25) is 0 Å². The van der Waals surface area contributed by atoms with E-state index in [0.29, 0.717) is 35.7 Å². The summed E-state index contributed by atoms with van der Waals surface area (Å²) >= 11 is 0. The van der Waals surface area contributed by atoms with Crippen molar-refractivity contribution in [3.63, 3.8) is 0 Å². The highest BCUT2D eigenvalue weighted by Crippen LogP contribution is 2.61. The molecule has 2 saturated carbocycles. The number of rotatable bonds is 3. The van der Waals surface area contributed by atoms with Gasteiger partial charge in [0.25, 0.3) is 0 Å². The summed E-state index contributed by atoms with van der Waals surface area (Å²) in [6.45, 7) is 11.3. The molecule has 3 rings (SSSR count). The first-order valence-corrected chi connectivity index (χ1v) is 9.98. The van der Waals surface area contributed by atoms with Gasteiger partial charge in [-0.1, -0.05) is 33.3 Å². The van der Waals surface area contributed by atoms with Crippen LogP contribution < -0.4 is 0 Å². The molecule has 3 aliphatic rings. The minimum atomic E-state index is 0.160. The van der Waals surface area contributed by atoms with Crippen molar-refractivity contribution in [1.82, 2.24) is 0 Å². The summed E-state index contributed by atoms with van der Waals surface area (Å²) in [7, 11) is 0. The van der Waals surface area contributed by atoms with Crippen molar-refractivity contribution in [2.75, 3.05) is 0 Å².